The van der Waals surface area contributed by atoms with E-state index in [9.17, 15) is 18.0 Å². The molecule has 0 bridgehead atoms. The minimum absolute atomic E-state index is 0.0180. The van der Waals surface area contributed by atoms with Gasteiger partial charge in [0.05, 0.1) is 6.26 Å². The zero-order chi connectivity index (χ0) is 18.9. The summed E-state index contributed by atoms with van der Waals surface area (Å²) in [7, 11) is -3.27. The third-order valence-electron chi connectivity index (χ3n) is 3.80. The molecule has 2 aromatic heterocycles. The zero-order valence-corrected chi connectivity index (χ0v) is 14.9. The lowest BCUT2D eigenvalue weighted by molar-refractivity contribution is 0.0692. The third-order valence-corrected chi connectivity index (χ3v) is 5.10. The molecule has 0 unspecified atom stereocenters. The fourth-order valence-corrected chi connectivity index (χ4v) is 3.28. The van der Waals surface area contributed by atoms with Gasteiger partial charge in [-0.25, -0.2) is 8.42 Å². The number of nitrogens with zero attached hydrogens (tertiary/aromatic N) is 4. The van der Waals surface area contributed by atoms with Crippen LogP contribution < -0.4 is 5.32 Å². The monoisotopic (exact) mass is 383 g/mol. The average Bonchev–Trinajstić information content (AvgIpc) is 3.22. The Morgan fingerprint density at radius 1 is 1.19 bits per heavy atom. The molecule has 1 saturated heterocycles. The molecule has 26 heavy (non-hydrogen) atoms. The van der Waals surface area contributed by atoms with Crippen LogP contribution in [0.25, 0.3) is 0 Å². The normalized spacial score (nSPS) is 15.8. The SMILES string of the molecule is Cc1cc(C(=O)Nc2nc(C(=O)N3CCN(S(C)(=O)=O)CC3)co2)no1. The van der Waals surface area contributed by atoms with Gasteiger partial charge in [-0.3, -0.25) is 14.9 Å². The molecule has 1 N–H and O–H groups in total. The van der Waals surface area contributed by atoms with Crippen LogP contribution in [0.2, 0.25) is 0 Å². The lowest BCUT2D eigenvalue weighted by Gasteiger charge is -2.32. The summed E-state index contributed by atoms with van der Waals surface area (Å²) in [5, 5.41) is 5.95. The number of anilines is 1. The number of rotatable bonds is 4. The van der Waals surface area contributed by atoms with E-state index in [0.29, 0.717) is 5.76 Å². The molecule has 1 aliphatic heterocycles. The van der Waals surface area contributed by atoms with Crippen molar-refractivity contribution < 1.29 is 26.9 Å². The number of hydrogen-bond acceptors (Lipinski definition) is 8. The molecule has 0 aromatic carbocycles. The quantitative estimate of drug-likeness (QED) is 0.775. The van der Waals surface area contributed by atoms with Gasteiger partial charge in [0.2, 0.25) is 10.0 Å². The number of carbonyl (C=O) groups excluding carboxylic acids is 2. The lowest BCUT2D eigenvalue weighted by atomic mass is 10.3. The van der Waals surface area contributed by atoms with E-state index in [-0.39, 0.29) is 43.6 Å². The Kier molecular flexibility index (Phi) is 4.78. The van der Waals surface area contributed by atoms with E-state index >= 15 is 0 Å². The highest BCUT2D eigenvalue weighted by Gasteiger charge is 2.28. The molecule has 140 valence electrons. The standard InChI is InChI=1S/C14H17N5O6S/c1-9-7-10(17-25-9)12(20)16-14-15-11(8-24-14)13(21)18-3-5-19(6-4-18)26(2,22)23/h7-8H,3-6H2,1-2H3,(H,15,16,20). The number of oxazole rings is 1. The maximum Gasteiger partial charge on any atom is 0.302 e. The fourth-order valence-electron chi connectivity index (χ4n) is 2.45. The second-order valence-electron chi connectivity index (χ2n) is 5.77. The summed E-state index contributed by atoms with van der Waals surface area (Å²) in [6, 6.07) is 1.31. The second kappa shape index (κ2) is 6.88. The van der Waals surface area contributed by atoms with Crippen LogP contribution in [0.5, 0.6) is 0 Å². The van der Waals surface area contributed by atoms with Gasteiger partial charge < -0.3 is 13.8 Å². The maximum atomic E-state index is 12.4. The highest BCUT2D eigenvalue weighted by Crippen LogP contribution is 2.14. The summed E-state index contributed by atoms with van der Waals surface area (Å²) in [6.45, 7) is 2.58. The molecule has 3 rings (SSSR count). The van der Waals surface area contributed by atoms with E-state index in [0.717, 1.165) is 12.5 Å². The van der Waals surface area contributed by atoms with Gasteiger partial charge in [0, 0.05) is 32.2 Å². The Hall–Kier alpha value is -2.73. The highest BCUT2D eigenvalue weighted by molar-refractivity contribution is 7.88. The fraction of sp³-hybridized carbons (Fsp3) is 0.429. The number of carbonyl (C=O) groups is 2. The number of aromatic nitrogens is 2. The molecular formula is C14H17N5O6S. The van der Waals surface area contributed by atoms with Crippen LogP contribution in [0.3, 0.4) is 0 Å². The molecule has 0 spiro atoms. The molecule has 0 atom stereocenters. The molecule has 2 aromatic rings. The number of nitrogens with one attached hydrogen (secondary N) is 1. The summed E-state index contributed by atoms with van der Waals surface area (Å²) in [4.78, 5) is 29.8. The van der Waals surface area contributed by atoms with Crippen LogP contribution in [0.4, 0.5) is 6.01 Å². The lowest BCUT2D eigenvalue weighted by Crippen LogP contribution is -2.50. The molecule has 1 aliphatic rings. The molecule has 3 heterocycles. The van der Waals surface area contributed by atoms with Crippen LogP contribution in [0, 0.1) is 6.92 Å². The molecule has 0 aliphatic carbocycles. The maximum absolute atomic E-state index is 12.4. The smallest absolute Gasteiger partial charge is 0.302 e. The van der Waals surface area contributed by atoms with Crippen molar-refractivity contribution in [3.8, 4) is 0 Å². The number of amides is 2. The number of hydrogen-bond donors (Lipinski definition) is 1. The molecular weight excluding hydrogens is 366 g/mol. The van der Waals surface area contributed by atoms with Gasteiger partial charge >= 0.3 is 6.01 Å². The first kappa shape index (κ1) is 18.1. The van der Waals surface area contributed by atoms with Gasteiger partial charge in [0.1, 0.15) is 12.0 Å². The van der Waals surface area contributed by atoms with Gasteiger partial charge in [-0.15, -0.1) is 0 Å². The van der Waals surface area contributed by atoms with Gasteiger partial charge in [-0.05, 0) is 6.92 Å². The Morgan fingerprint density at radius 2 is 1.88 bits per heavy atom. The van der Waals surface area contributed by atoms with Gasteiger partial charge in [-0.1, -0.05) is 5.16 Å². The molecule has 11 nitrogen and oxygen atoms in total. The van der Waals surface area contributed by atoms with Crippen molar-refractivity contribution in [2.24, 2.45) is 0 Å². The first-order valence-corrected chi connectivity index (χ1v) is 9.53. The summed E-state index contributed by atoms with van der Waals surface area (Å²) in [6.07, 6.45) is 2.27. The number of piperazine rings is 1. The highest BCUT2D eigenvalue weighted by atomic mass is 32.2. The molecule has 1 fully saturated rings. The van der Waals surface area contributed by atoms with E-state index in [1.54, 1.807) is 6.92 Å². The van der Waals surface area contributed by atoms with Crippen molar-refractivity contribution in [2.45, 2.75) is 6.92 Å². The molecule has 12 heteroatoms. The summed E-state index contributed by atoms with van der Waals surface area (Å²) in [5.41, 5.74) is 0.0786. The van der Waals surface area contributed by atoms with Crippen molar-refractivity contribution in [3.63, 3.8) is 0 Å². The first-order chi connectivity index (χ1) is 12.2. The first-order valence-electron chi connectivity index (χ1n) is 7.68. The van der Waals surface area contributed by atoms with E-state index in [4.69, 9.17) is 8.94 Å². The Balaban J connectivity index is 1.61. The minimum Gasteiger partial charge on any atom is -0.431 e. The third kappa shape index (κ3) is 3.91. The van der Waals surface area contributed by atoms with Crippen molar-refractivity contribution in [1.29, 1.82) is 0 Å². The largest absolute Gasteiger partial charge is 0.431 e. The van der Waals surface area contributed by atoms with Crippen LogP contribution >= 0.6 is 0 Å². The predicted octanol–water partition coefficient (Wildman–Crippen LogP) is -0.0593. The van der Waals surface area contributed by atoms with E-state index in [1.807, 2.05) is 0 Å². The number of aryl methyl sites for hydroxylation is 1. The van der Waals surface area contributed by atoms with Crippen LogP contribution in [-0.2, 0) is 10.0 Å². The topological polar surface area (TPSA) is 139 Å². The second-order valence-corrected chi connectivity index (χ2v) is 7.75. The number of sulfonamides is 1. The van der Waals surface area contributed by atoms with Gasteiger partial charge in [0.25, 0.3) is 11.8 Å². The summed E-state index contributed by atoms with van der Waals surface area (Å²) < 4.78 is 34.2. The zero-order valence-electron chi connectivity index (χ0n) is 14.1. The van der Waals surface area contributed by atoms with Crippen molar-refractivity contribution in [2.75, 3.05) is 37.8 Å². The molecule has 2 amide bonds. The molecule has 0 saturated carbocycles. The molecule has 0 radical (unpaired) electrons. The summed E-state index contributed by atoms with van der Waals surface area (Å²) >= 11 is 0. The van der Waals surface area contributed by atoms with Gasteiger partial charge in [0.15, 0.2) is 11.4 Å². The van der Waals surface area contributed by atoms with Gasteiger partial charge in [-0.2, -0.15) is 9.29 Å². The van der Waals surface area contributed by atoms with Crippen molar-refractivity contribution in [1.82, 2.24) is 19.3 Å². The Morgan fingerprint density at radius 3 is 2.46 bits per heavy atom. The van der Waals surface area contributed by atoms with Crippen molar-refractivity contribution in [3.05, 3.63) is 29.5 Å². The van der Waals surface area contributed by atoms with E-state index in [2.05, 4.69) is 15.5 Å². The Bertz CT molecular complexity index is 925. The average molecular weight is 383 g/mol. The Labute approximate surface area is 149 Å². The van der Waals surface area contributed by atoms with Crippen LogP contribution in [0.1, 0.15) is 26.7 Å². The van der Waals surface area contributed by atoms with Crippen LogP contribution in [-0.4, -0.2) is 72.0 Å². The van der Waals surface area contributed by atoms with Crippen molar-refractivity contribution >= 4 is 27.9 Å². The minimum atomic E-state index is -3.27. The van der Waals surface area contributed by atoms with Crippen LogP contribution in [0.15, 0.2) is 21.3 Å². The van der Waals surface area contributed by atoms with E-state index < -0.39 is 21.8 Å². The van der Waals surface area contributed by atoms with E-state index in [1.165, 1.54) is 15.3 Å². The predicted molar refractivity (Wildman–Crippen MR) is 88.0 cm³/mol. The summed E-state index contributed by atoms with van der Waals surface area (Å²) in [5.74, 6) is -0.504.